The van der Waals surface area contributed by atoms with Crippen molar-refractivity contribution in [2.24, 2.45) is 0 Å². The number of carbonyl (C=O) groups is 1. The van der Waals surface area contributed by atoms with Crippen LogP contribution in [-0.4, -0.2) is 23.0 Å². The van der Waals surface area contributed by atoms with E-state index in [2.05, 4.69) is 32.0 Å². The van der Waals surface area contributed by atoms with E-state index in [1.807, 2.05) is 0 Å². The van der Waals surface area contributed by atoms with Gasteiger partial charge in [0.15, 0.2) is 0 Å². The van der Waals surface area contributed by atoms with Crippen LogP contribution < -0.4 is 16.1 Å². The van der Waals surface area contributed by atoms with Crippen LogP contribution in [0.1, 0.15) is 18.1 Å². The number of allylic oxidation sites excluding steroid dienone is 4. The van der Waals surface area contributed by atoms with Crippen LogP contribution >= 0.6 is 15.9 Å². The fourth-order valence-corrected chi connectivity index (χ4v) is 3.45. The number of carbonyl (C=O) groups excluding carboxylic acids is 1. The number of rotatable bonds is 4. The lowest BCUT2D eigenvalue weighted by Crippen LogP contribution is -2.43. The van der Waals surface area contributed by atoms with Crippen LogP contribution in [0.5, 0.6) is 0 Å². The highest BCUT2D eigenvalue weighted by Gasteiger charge is 2.38. The Morgan fingerprint density at radius 3 is 2.67 bits per heavy atom. The van der Waals surface area contributed by atoms with Gasteiger partial charge < -0.3 is 16.0 Å². The summed E-state index contributed by atoms with van der Waals surface area (Å²) in [5.41, 5.74) is 2.63. The molecule has 0 aromatic heterocycles. The molecule has 2 heterocycles. The monoisotopic (exact) mass is 480 g/mol. The third-order valence-electron chi connectivity index (χ3n) is 4.18. The van der Waals surface area contributed by atoms with E-state index in [0.717, 1.165) is 12.3 Å². The molecule has 156 valence electrons. The van der Waals surface area contributed by atoms with Crippen molar-refractivity contribution in [1.29, 1.82) is 10.8 Å². The second-order valence-corrected chi connectivity index (χ2v) is 7.09. The molecule has 1 aromatic carbocycles. The number of hydrogen-bond donors (Lipinski definition) is 5. The van der Waals surface area contributed by atoms with Crippen molar-refractivity contribution >= 4 is 39.6 Å². The van der Waals surface area contributed by atoms with Crippen molar-refractivity contribution in [3.63, 3.8) is 0 Å². The van der Waals surface area contributed by atoms with Gasteiger partial charge in [-0.3, -0.25) is 15.6 Å². The molecule has 1 amide bonds. The zero-order chi connectivity index (χ0) is 22.1. The van der Waals surface area contributed by atoms with Crippen LogP contribution in [0.25, 0.3) is 5.70 Å². The van der Waals surface area contributed by atoms with Crippen molar-refractivity contribution in [3.05, 3.63) is 75.3 Å². The highest BCUT2D eigenvalue weighted by molar-refractivity contribution is 9.11. The maximum absolute atomic E-state index is 13.5. The summed E-state index contributed by atoms with van der Waals surface area (Å²) < 4.78 is 40.8. The fraction of sp³-hybridized carbons (Fsp3) is 0.105. The van der Waals surface area contributed by atoms with Crippen molar-refractivity contribution < 1.29 is 18.0 Å². The van der Waals surface area contributed by atoms with E-state index in [4.69, 9.17) is 10.8 Å². The van der Waals surface area contributed by atoms with E-state index in [1.165, 1.54) is 41.4 Å². The molecule has 0 atom stereocenters. The Hall–Kier alpha value is -3.34. The van der Waals surface area contributed by atoms with Gasteiger partial charge in [0.25, 0.3) is 5.91 Å². The van der Waals surface area contributed by atoms with Crippen LogP contribution in [0.2, 0.25) is 0 Å². The molecular formula is C19H16BrF3N6O. The molecule has 0 unspecified atom stereocenters. The molecule has 30 heavy (non-hydrogen) atoms. The van der Waals surface area contributed by atoms with Gasteiger partial charge in [-0.15, -0.1) is 0 Å². The van der Waals surface area contributed by atoms with Gasteiger partial charge in [-0.2, -0.15) is 13.2 Å². The summed E-state index contributed by atoms with van der Waals surface area (Å²) in [6, 6.07) is 5.12. The van der Waals surface area contributed by atoms with E-state index in [1.54, 1.807) is 6.92 Å². The Kier molecular flexibility index (Phi) is 5.83. The summed E-state index contributed by atoms with van der Waals surface area (Å²) in [5.74, 6) is -0.462. The molecule has 0 saturated carbocycles. The third kappa shape index (κ3) is 4.15. The second-order valence-electron chi connectivity index (χ2n) is 6.24. The number of fused-ring (bicyclic) bond motifs is 1. The van der Waals surface area contributed by atoms with E-state index < -0.39 is 17.6 Å². The summed E-state index contributed by atoms with van der Waals surface area (Å²) in [5, 5.41) is 21.3. The molecule has 0 bridgehead atoms. The molecule has 0 fully saturated rings. The quantitative estimate of drug-likeness (QED) is 0.335. The summed E-state index contributed by atoms with van der Waals surface area (Å²) in [6.07, 6.45) is 0.395. The number of nitrogens with zero attached hydrogens (tertiary/aromatic N) is 1. The molecular weight excluding hydrogens is 465 g/mol. The number of hydrazine groups is 1. The van der Waals surface area contributed by atoms with E-state index in [-0.39, 0.29) is 22.8 Å². The Morgan fingerprint density at radius 2 is 2.00 bits per heavy atom. The molecule has 5 N–H and O–H groups in total. The van der Waals surface area contributed by atoms with Crippen LogP contribution in [0.3, 0.4) is 0 Å². The predicted molar refractivity (Wildman–Crippen MR) is 110 cm³/mol. The zero-order valence-corrected chi connectivity index (χ0v) is 17.1. The lowest BCUT2D eigenvalue weighted by molar-refractivity contribution is -0.137. The first-order valence-corrected chi connectivity index (χ1v) is 9.32. The largest absolute Gasteiger partial charge is 0.417 e. The Labute approximate surface area is 178 Å². The number of amides is 1. The molecule has 11 heteroatoms. The average Bonchev–Trinajstić information content (AvgIpc) is 3.02. The minimum Gasteiger partial charge on any atom is -0.341 e. The second kappa shape index (κ2) is 8.19. The fourth-order valence-electron chi connectivity index (χ4n) is 2.94. The maximum atomic E-state index is 13.5. The molecule has 7 nitrogen and oxygen atoms in total. The summed E-state index contributed by atoms with van der Waals surface area (Å²) in [6.45, 7) is 1.63. The smallest absolute Gasteiger partial charge is 0.341 e. The van der Waals surface area contributed by atoms with E-state index in [9.17, 15) is 18.0 Å². The third-order valence-corrected chi connectivity index (χ3v) is 4.79. The van der Waals surface area contributed by atoms with Crippen LogP contribution in [0.4, 0.5) is 13.2 Å². The Bertz CT molecular complexity index is 1050. The van der Waals surface area contributed by atoms with Gasteiger partial charge in [0.05, 0.1) is 15.7 Å². The van der Waals surface area contributed by atoms with Gasteiger partial charge in [0.2, 0.25) is 0 Å². The SMILES string of the molecule is CC1=C(C(=O)NC(=N)C=CC=N)N2NC(c3ccccc3C(F)(F)F)=CC(Br)=C2N1. The molecule has 1 aromatic rings. The van der Waals surface area contributed by atoms with Crippen molar-refractivity contribution in [2.45, 2.75) is 13.1 Å². The summed E-state index contributed by atoms with van der Waals surface area (Å²) >= 11 is 3.34. The van der Waals surface area contributed by atoms with Crippen molar-refractivity contribution in [2.75, 3.05) is 0 Å². The van der Waals surface area contributed by atoms with Gasteiger partial charge in [0.1, 0.15) is 17.4 Å². The highest BCUT2D eigenvalue weighted by Crippen LogP contribution is 2.38. The average molecular weight is 481 g/mol. The predicted octanol–water partition coefficient (Wildman–Crippen LogP) is 3.56. The van der Waals surface area contributed by atoms with Crippen LogP contribution in [0.15, 0.2) is 64.2 Å². The molecule has 2 aliphatic heterocycles. The van der Waals surface area contributed by atoms with Crippen LogP contribution in [0, 0.1) is 10.8 Å². The van der Waals surface area contributed by atoms with Gasteiger partial charge in [-0.1, -0.05) is 18.2 Å². The molecule has 0 radical (unpaired) electrons. The Balaban J connectivity index is 1.94. The molecule has 0 saturated heterocycles. The summed E-state index contributed by atoms with van der Waals surface area (Å²) in [7, 11) is 0. The number of amidine groups is 1. The zero-order valence-electron chi connectivity index (χ0n) is 15.5. The normalized spacial score (nSPS) is 16.2. The molecule has 0 spiro atoms. The standard InChI is InChI=1S/C19H16BrF3N6O/c1-10-16(18(30)27-15(25)7-4-8-24)29-17(26-10)13(20)9-14(28-29)11-5-2-3-6-12(11)19(21,22)23/h2-9,24,26,28H,1H3,(H2,25,27,30). The van der Waals surface area contributed by atoms with Gasteiger partial charge in [-0.05, 0) is 47.1 Å². The number of nitrogens with one attached hydrogen (secondary N) is 5. The number of alkyl halides is 3. The number of hydrogen-bond acceptors (Lipinski definition) is 6. The first-order valence-electron chi connectivity index (χ1n) is 8.53. The number of halogens is 4. The van der Waals surface area contributed by atoms with Gasteiger partial charge in [0, 0.05) is 17.5 Å². The Morgan fingerprint density at radius 1 is 1.30 bits per heavy atom. The molecule has 0 aliphatic carbocycles. The van der Waals surface area contributed by atoms with E-state index in [0.29, 0.717) is 16.0 Å². The lowest BCUT2D eigenvalue weighted by atomic mass is 10.0. The maximum Gasteiger partial charge on any atom is 0.417 e. The first kappa shape index (κ1) is 21.4. The molecule has 3 rings (SSSR count). The van der Waals surface area contributed by atoms with Crippen LogP contribution in [-0.2, 0) is 11.0 Å². The molecule has 2 aliphatic rings. The summed E-state index contributed by atoms with van der Waals surface area (Å²) in [4.78, 5) is 12.7. The van der Waals surface area contributed by atoms with Crippen molar-refractivity contribution in [1.82, 2.24) is 21.1 Å². The topological polar surface area (TPSA) is 104 Å². The minimum absolute atomic E-state index is 0.0769. The van der Waals surface area contributed by atoms with Crippen molar-refractivity contribution in [3.8, 4) is 0 Å². The number of benzene rings is 1. The lowest BCUT2D eigenvalue weighted by Gasteiger charge is -2.30. The van der Waals surface area contributed by atoms with Gasteiger partial charge >= 0.3 is 6.18 Å². The first-order chi connectivity index (χ1) is 14.1. The highest BCUT2D eigenvalue weighted by atomic mass is 79.9. The minimum atomic E-state index is -4.55. The van der Waals surface area contributed by atoms with Gasteiger partial charge in [-0.25, -0.2) is 5.01 Å². The van der Waals surface area contributed by atoms with E-state index >= 15 is 0 Å².